The molecule has 0 radical (unpaired) electrons. The Morgan fingerprint density at radius 3 is 2.56 bits per heavy atom. The molecule has 0 unspecified atom stereocenters. The van der Waals surface area contributed by atoms with Gasteiger partial charge in [-0.05, 0) is 38.7 Å². The Morgan fingerprint density at radius 2 is 2.06 bits per heavy atom. The van der Waals surface area contributed by atoms with E-state index in [1.54, 1.807) is 11.8 Å². The largest absolute Gasteiger partial charge is 0.488 e. The number of hydrogen-bond donors (Lipinski definition) is 1. The number of hydrogen-bond acceptors (Lipinski definition) is 3. The van der Waals surface area contributed by atoms with Crippen LogP contribution < -0.4 is 10.5 Å². The van der Waals surface area contributed by atoms with E-state index in [0.717, 1.165) is 17.7 Å². The molecule has 0 amide bonds. The number of ether oxygens (including phenoxy) is 1. The Bertz CT molecular complexity index is 350. The van der Waals surface area contributed by atoms with E-state index in [1.807, 2.05) is 12.1 Å². The van der Waals surface area contributed by atoms with Crippen LogP contribution in [0.3, 0.4) is 0 Å². The molecule has 0 heterocycles. The lowest BCUT2D eigenvalue weighted by atomic mass is 10.1. The molecule has 0 bridgehead atoms. The van der Waals surface area contributed by atoms with Gasteiger partial charge in [0, 0.05) is 17.0 Å². The molecule has 3 heteroatoms. The van der Waals surface area contributed by atoms with Crippen LogP contribution >= 0.6 is 11.8 Å². The second kappa shape index (κ2) is 5.60. The third-order valence-corrected chi connectivity index (χ3v) is 3.57. The maximum absolute atomic E-state index is 6.02. The van der Waals surface area contributed by atoms with E-state index in [2.05, 4.69) is 33.1 Å². The second-order valence-electron chi connectivity index (χ2n) is 4.36. The first-order chi connectivity index (χ1) is 7.54. The first kappa shape index (κ1) is 13.4. The summed E-state index contributed by atoms with van der Waals surface area (Å²) in [5, 5.41) is 0. The van der Waals surface area contributed by atoms with Gasteiger partial charge in [-0.3, -0.25) is 0 Å². The summed E-state index contributed by atoms with van der Waals surface area (Å²) in [5.74, 6) is 0.918. The van der Waals surface area contributed by atoms with Crippen molar-refractivity contribution in [1.82, 2.24) is 0 Å². The molecule has 1 aromatic carbocycles. The van der Waals surface area contributed by atoms with Crippen molar-refractivity contribution in [2.45, 2.75) is 44.2 Å². The minimum atomic E-state index is -0.138. The summed E-state index contributed by atoms with van der Waals surface area (Å²) in [5.41, 5.74) is 6.76. The highest BCUT2D eigenvalue weighted by atomic mass is 32.2. The van der Waals surface area contributed by atoms with Crippen molar-refractivity contribution < 1.29 is 4.74 Å². The van der Waals surface area contributed by atoms with Crippen molar-refractivity contribution in [2.75, 3.05) is 6.26 Å². The number of benzene rings is 1. The van der Waals surface area contributed by atoms with Crippen LogP contribution in [-0.4, -0.2) is 11.9 Å². The van der Waals surface area contributed by atoms with Gasteiger partial charge in [0.1, 0.15) is 11.4 Å². The van der Waals surface area contributed by atoms with E-state index in [1.165, 1.54) is 4.90 Å². The summed E-state index contributed by atoms with van der Waals surface area (Å²) in [4.78, 5) is 1.20. The molecule has 0 saturated heterocycles. The number of rotatable bonds is 5. The van der Waals surface area contributed by atoms with Gasteiger partial charge in [0.2, 0.25) is 0 Å². The van der Waals surface area contributed by atoms with Crippen LogP contribution in [0.1, 0.15) is 32.8 Å². The average molecular weight is 239 g/mol. The van der Waals surface area contributed by atoms with E-state index in [-0.39, 0.29) is 5.60 Å². The quantitative estimate of drug-likeness (QED) is 0.799. The van der Waals surface area contributed by atoms with Gasteiger partial charge in [0.15, 0.2) is 0 Å². The molecule has 0 aliphatic heterocycles. The van der Waals surface area contributed by atoms with Crippen molar-refractivity contribution in [3.05, 3.63) is 23.8 Å². The predicted octanol–water partition coefficient (Wildman–Crippen LogP) is 3.43. The molecule has 2 N–H and O–H groups in total. The van der Waals surface area contributed by atoms with Gasteiger partial charge in [0.25, 0.3) is 0 Å². The maximum Gasteiger partial charge on any atom is 0.125 e. The SMILES string of the molecule is CCC(C)(C)Oc1cccc(SC)c1CN. The minimum Gasteiger partial charge on any atom is -0.488 e. The molecule has 0 aliphatic rings. The number of thioether (sulfide) groups is 1. The summed E-state index contributed by atoms with van der Waals surface area (Å²) in [6.45, 7) is 6.84. The molecule has 0 saturated carbocycles. The first-order valence-electron chi connectivity index (χ1n) is 5.59. The Morgan fingerprint density at radius 1 is 1.38 bits per heavy atom. The van der Waals surface area contributed by atoms with Gasteiger partial charge >= 0.3 is 0 Å². The predicted molar refractivity (Wildman–Crippen MR) is 71.1 cm³/mol. The molecule has 0 aromatic heterocycles. The lowest BCUT2D eigenvalue weighted by molar-refractivity contribution is 0.103. The van der Waals surface area contributed by atoms with Crippen LogP contribution in [0.15, 0.2) is 23.1 Å². The van der Waals surface area contributed by atoms with Crippen molar-refractivity contribution in [2.24, 2.45) is 5.73 Å². The van der Waals surface area contributed by atoms with Crippen molar-refractivity contribution >= 4 is 11.8 Å². The molecule has 0 fully saturated rings. The van der Waals surface area contributed by atoms with E-state index in [4.69, 9.17) is 10.5 Å². The standard InChI is InChI=1S/C13H21NOS/c1-5-13(2,3)15-11-7-6-8-12(16-4)10(11)9-14/h6-8H,5,9,14H2,1-4H3. The maximum atomic E-state index is 6.02. The summed E-state index contributed by atoms with van der Waals surface area (Å²) < 4.78 is 6.02. The van der Waals surface area contributed by atoms with Crippen molar-refractivity contribution in [3.8, 4) is 5.75 Å². The van der Waals surface area contributed by atoms with Crippen LogP contribution in [0.4, 0.5) is 0 Å². The zero-order valence-electron chi connectivity index (χ0n) is 10.5. The minimum absolute atomic E-state index is 0.138. The van der Waals surface area contributed by atoms with Gasteiger partial charge in [0.05, 0.1) is 0 Å². The molecule has 16 heavy (non-hydrogen) atoms. The zero-order chi connectivity index (χ0) is 12.2. The van der Waals surface area contributed by atoms with Gasteiger partial charge in [-0.1, -0.05) is 13.0 Å². The van der Waals surface area contributed by atoms with Crippen LogP contribution in [-0.2, 0) is 6.54 Å². The Balaban J connectivity index is 3.04. The van der Waals surface area contributed by atoms with E-state index in [9.17, 15) is 0 Å². The average Bonchev–Trinajstić information content (AvgIpc) is 2.28. The molecule has 2 nitrogen and oxygen atoms in total. The van der Waals surface area contributed by atoms with Crippen molar-refractivity contribution in [3.63, 3.8) is 0 Å². The molecule has 1 rings (SSSR count). The van der Waals surface area contributed by atoms with Gasteiger partial charge in [-0.15, -0.1) is 11.8 Å². The van der Waals surface area contributed by atoms with E-state index >= 15 is 0 Å². The summed E-state index contributed by atoms with van der Waals surface area (Å²) in [6, 6.07) is 6.10. The van der Waals surface area contributed by atoms with E-state index < -0.39 is 0 Å². The third-order valence-electron chi connectivity index (χ3n) is 2.75. The van der Waals surface area contributed by atoms with Gasteiger partial charge < -0.3 is 10.5 Å². The van der Waals surface area contributed by atoms with Crippen LogP contribution in [0.5, 0.6) is 5.75 Å². The zero-order valence-corrected chi connectivity index (χ0v) is 11.4. The summed E-state index contributed by atoms with van der Waals surface area (Å²) >= 11 is 1.71. The lowest BCUT2D eigenvalue weighted by Gasteiger charge is -2.26. The molecule has 0 atom stereocenters. The molecular formula is C13H21NOS. The highest BCUT2D eigenvalue weighted by Gasteiger charge is 2.19. The van der Waals surface area contributed by atoms with Crippen LogP contribution in [0.2, 0.25) is 0 Å². The van der Waals surface area contributed by atoms with Gasteiger partial charge in [-0.2, -0.15) is 0 Å². The monoisotopic (exact) mass is 239 g/mol. The molecule has 90 valence electrons. The second-order valence-corrected chi connectivity index (χ2v) is 5.20. The van der Waals surface area contributed by atoms with Crippen LogP contribution in [0.25, 0.3) is 0 Å². The fourth-order valence-electron chi connectivity index (χ4n) is 1.40. The molecule has 0 spiro atoms. The topological polar surface area (TPSA) is 35.2 Å². The summed E-state index contributed by atoms with van der Waals surface area (Å²) in [7, 11) is 0. The molecule has 1 aromatic rings. The third kappa shape index (κ3) is 3.16. The smallest absolute Gasteiger partial charge is 0.125 e. The van der Waals surface area contributed by atoms with Gasteiger partial charge in [-0.25, -0.2) is 0 Å². The first-order valence-corrected chi connectivity index (χ1v) is 6.81. The van der Waals surface area contributed by atoms with Crippen molar-refractivity contribution in [1.29, 1.82) is 0 Å². The Labute approximate surface area is 103 Å². The lowest BCUT2D eigenvalue weighted by Crippen LogP contribution is -2.27. The fraction of sp³-hybridized carbons (Fsp3) is 0.538. The fourth-order valence-corrected chi connectivity index (χ4v) is 2.05. The summed E-state index contributed by atoms with van der Waals surface area (Å²) in [6.07, 6.45) is 3.03. The number of nitrogens with two attached hydrogens (primary N) is 1. The Kier molecular flexibility index (Phi) is 4.69. The highest BCUT2D eigenvalue weighted by molar-refractivity contribution is 7.98. The van der Waals surface area contributed by atoms with Crippen LogP contribution in [0, 0.1) is 0 Å². The molecular weight excluding hydrogens is 218 g/mol. The molecule has 0 aliphatic carbocycles. The van der Waals surface area contributed by atoms with E-state index in [0.29, 0.717) is 6.54 Å². The normalized spacial score (nSPS) is 11.6. The highest BCUT2D eigenvalue weighted by Crippen LogP contribution is 2.31. The Hall–Kier alpha value is -0.670.